The lowest BCUT2D eigenvalue weighted by atomic mass is 10.1. The minimum atomic E-state index is 0.127. The highest BCUT2D eigenvalue weighted by atomic mass is 35.5. The molecule has 0 amide bonds. The van der Waals surface area contributed by atoms with E-state index in [1.54, 1.807) is 6.07 Å². The van der Waals surface area contributed by atoms with Gasteiger partial charge in [0.1, 0.15) is 22.9 Å². The molecule has 0 aliphatic carbocycles. The average molecular weight is 220 g/mol. The van der Waals surface area contributed by atoms with E-state index in [2.05, 4.69) is 11.9 Å². The van der Waals surface area contributed by atoms with Crippen LogP contribution in [0.2, 0.25) is 5.15 Å². The molecular weight excluding hydrogens is 210 g/mol. The lowest BCUT2D eigenvalue weighted by Crippen LogP contribution is -1.96. The summed E-state index contributed by atoms with van der Waals surface area (Å²) in [5.41, 5.74) is 1.25. The molecule has 0 saturated carbocycles. The van der Waals surface area contributed by atoms with Crippen LogP contribution in [-0.2, 0) is 6.42 Å². The van der Waals surface area contributed by atoms with E-state index in [9.17, 15) is 0 Å². The standard InChI is InChI=1S/C11H10ClN3/c1-2-3-4-9-5-8(6-13)10(7-14)11(12)15-9/h5H,2-4H2,1H3. The fourth-order valence-corrected chi connectivity index (χ4v) is 1.50. The van der Waals surface area contributed by atoms with Gasteiger partial charge in [-0.15, -0.1) is 0 Å². The quantitative estimate of drug-likeness (QED) is 0.735. The Balaban J connectivity index is 3.11. The summed E-state index contributed by atoms with van der Waals surface area (Å²) in [6.45, 7) is 2.08. The highest BCUT2D eigenvalue weighted by Crippen LogP contribution is 2.18. The topological polar surface area (TPSA) is 60.5 Å². The van der Waals surface area contributed by atoms with E-state index in [-0.39, 0.29) is 10.7 Å². The number of aromatic nitrogens is 1. The first-order chi connectivity index (χ1) is 7.22. The zero-order chi connectivity index (χ0) is 11.3. The van der Waals surface area contributed by atoms with Crippen LogP contribution in [0.4, 0.5) is 0 Å². The van der Waals surface area contributed by atoms with Crippen molar-refractivity contribution in [3.05, 3.63) is 28.0 Å². The van der Waals surface area contributed by atoms with Crippen molar-refractivity contribution in [2.75, 3.05) is 0 Å². The third-order valence-electron chi connectivity index (χ3n) is 2.05. The zero-order valence-electron chi connectivity index (χ0n) is 8.42. The third-order valence-corrected chi connectivity index (χ3v) is 2.32. The number of unbranched alkanes of at least 4 members (excludes halogenated alkanes) is 1. The molecule has 4 heteroatoms. The van der Waals surface area contributed by atoms with E-state index in [0.717, 1.165) is 25.0 Å². The second-order valence-corrected chi connectivity index (χ2v) is 3.51. The summed E-state index contributed by atoms with van der Waals surface area (Å²) in [5, 5.41) is 17.7. The highest BCUT2D eigenvalue weighted by Gasteiger charge is 2.10. The highest BCUT2D eigenvalue weighted by molar-refractivity contribution is 6.30. The minimum Gasteiger partial charge on any atom is -0.240 e. The average Bonchev–Trinajstić information content (AvgIpc) is 2.25. The van der Waals surface area contributed by atoms with Crippen molar-refractivity contribution in [1.82, 2.24) is 4.98 Å². The Bertz CT molecular complexity index is 440. The van der Waals surface area contributed by atoms with E-state index in [1.165, 1.54) is 0 Å². The Hall–Kier alpha value is -1.58. The molecule has 0 aliphatic heterocycles. The van der Waals surface area contributed by atoms with Gasteiger partial charge in [0, 0.05) is 5.69 Å². The zero-order valence-corrected chi connectivity index (χ0v) is 9.17. The summed E-state index contributed by atoms with van der Waals surface area (Å²) in [6, 6.07) is 5.48. The fraction of sp³-hybridized carbons (Fsp3) is 0.364. The Morgan fingerprint density at radius 3 is 2.67 bits per heavy atom. The van der Waals surface area contributed by atoms with E-state index in [4.69, 9.17) is 22.1 Å². The largest absolute Gasteiger partial charge is 0.240 e. The molecule has 1 heterocycles. The Labute approximate surface area is 93.9 Å². The van der Waals surface area contributed by atoms with E-state index in [0.29, 0.717) is 5.56 Å². The predicted molar refractivity (Wildman–Crippen MR) is 57.3 cm³/mol. The second kappa shape index (κ2) is 5.34. The Morgan fingerprint density at radius 1 is 1.40 bits per heavy atom. The van der Waals surface area contributed by atoms with Crippen LogP contribution in [0.3, 0.4) is 0 Å². The summed E-state index contributed by atoms with van der Waals surface area (Å²) in [4.78, 5) is 4.08. The van der Waals surface area contributed by atoms with Crippen molar-refractivity contribution in [2.45, 2.75) is 26.2 Å². The van der Waals surface area contributed by atoms with Crippen molar-refractivity contribution in [2.24, 2.45) is 0 Å². The van der Waals surface area contributed by atoms with Gasteiger partial charge in [-0.05, 0) is 18.9 Å². The van der Waals surface area contributed by atoms with Crippen molar-refractivity contribution < 1.29 is 0 Å². The molecule has 0 N–H and O–H groups in total. The molecule has 0 aliphatic rings. The number of rotatable bonds is 3. The van der Waals surface area contributed by atoms with Crippen LogP contribution in [0.1, 0.15) is 36.6 Å². The molecule has 0 fully saturated rings. The lowest BCUT2D eigenvalue weighted by Gasteiger charge is -2.02. The van der Waals surface area contributed by atoms with Gasteiger partial charge in [-0.25, -0.2) is 4.98 Å². The number of hydrogen-bond acceptors (Lipinski definition) is 3. The van der Waals surface area contributed by atoms with Crippen molar-refractivity contribution in [1.29, 1.82) is 10.5 Å². The van der Waals surface area contributed by atoms with Crippen LogP contribution < -0.4 is 0 Å². The van der Waals surface area contributed by atoms with Gasteiger partial charge in [-0.3, -0.25) is 0 Å². The van der Waals surface area contributed by atoms with E-state index in [1.807, 2.05) is 12.1 Å². The van der Waals surface area contributed by atoms with Crippen LogP contribution in [0, 0.1) is 22.7 Å². The fourth-order valence-electron chi connectivity index (χ4n) is 1.24. The van der Waals surface area contributed by atoms with E-state index < -0.39 is 0 Å². The molecule has 0 saturated heterocycles. The van der Waals surface area contributed by atoms with Crippen LogP contribution in [-0.4, -0.2) is 4.98 Å². The maximum absolute atomic E-state index is 8.84. The molecule has 1 aromatic rings. The number of pyridine rings is 1. The minimum absolute atomic E-state index is 0.127. The first-order valence-corrected chi connectivity index (χ1v) is 5.10. The van der Waals surface area contributed by atoms with Crippen LogP contribution in [0.25, 0.3) is 0 Å². The maximum atomic E-state index is 8.84. The van der Waals surface area contributed by atoms with Gasteiger partial charge < -0.3 is 0 Å². The van der Waals surface area contributed by atoms with Crippen LogP contribution >= 0.6 is 11.6 Å². The number of halogens is 1. The molecule has 0 bridgehead atoms. The molecule has 76 valence electrons. The molecule has 15 heavy (non-hydrogen) atoms. The Kier molecular flexibility index (Phi) is 4.09. The maximum Gasteiger partial charge on any atom is 0.148 e. The summed E-state index contributed by atoms with van der Waals surface area (Å²) in [7, 11) is 0. The lowest BCUT2D eigenvalue weighted by molar-refractivity contribution is 0.776. The number of hydrogen-bond donors (Lipinski definition) is 0. The predicted octanol–water partition coefficient (Wildman–Crippen LogP) is 2.82. The molecule has 0 radical (unpaired) electrons. The first kappa shape index (κ1) is 11.5. The van der Waals surface area contributed by atoms with Crippen LogP contribution in [0.5, 0.6) is 0 Å². The van der Waals surface area contributed by atoms with Gasteiger partial charge in [-0.1, -0.05) is 24.9 Å². The molecule has 1 rings (SSSR count). The monoisotopic (exact) mass is 219 g/mol. The van der Waals surface area contributed by atoms with Crippen molar-refractivity contribution in [3.8, 4) is 12.1 Å². The van der Waals surface area contributed by atoms with E-state index >= 15 is 0 Å². The molecular formula is C11H10ClN3. The molecule has 3 nitrogen and oxygen atoms in total. The smallest absolute Gasteiger partial charge is 0.148 e. The van der Waals surface area contributed by atoms with Crippen molar-refractivity contribution in [3.63, 3.8) is 0 Å². The number of aryl methyl sites for hydroxylation is 1. The van der Waals surface area contributed by atoms with Crippen molar-refractivity contribution >= 4 is 11.6 Å². The van der Waals surface area contributed by atoms with Gasteiger partial charge in [0.2, 0.25) is 0 Å². The summed E-state index contributed by atoms with van der Waals surface area (Å²) in [5.74, 6) is 0. The van der Waals surface area contributed by atoms with Crippen LogP contribution in [0.15, 0.2) is 6.07 Å². The van der Waals surface area contributed by atoms with Gasteiger partial charge in [0.05, 0.1) is 5.56 Å². The molecule has 0 aromatic carbocycles. The normalized spacial score (nSPS) is 9.33. The summed E-state index contributed by atoms with van der Waals surface area (Å²) >= 11 is 5.81. The summed E-state index contributed by atoms with van der Waals surface area (Å²) in [6.07, 6.45) is 2.85. The molecule has 0 atom stereocenters. The summed E-state index contributed by atoms with van der Waals surface area (Å²) < 4.78 is 0. The molecule has 0 spiro atoms. The van der Waals surface area contributed by atoms with Gasteiger partial charge in [-0.2, -0.15) is 10.5 Å². The third kappa shape index (κ3) is 2.68. The molecule has 0 unspecified atom stereocenters. The number of nitriles is 2. The van der Waals surface area contributed by atoms with Gasteiger partial charge >= 0.3 is 0 Å². The molecule has 1 aromatic heterocycles. The SMILES string of the molecule is CCCCc1cc(C#N)c(C#N)c(Cl)n1. The number of nitrogens with zero attached hydrogens (tertiary/aromatic N) is 3. The van der Waals surface area contributed by atoms with Gasteiger partial charge in [0.15, 0.2) is 0 Å². The van der Waals surface area contributed by atoms with Gasteiger partial charge in [0.25, 0.3) is 0 Å². The second-order valence-electron chi connectivity index (χ2n) is 3.15. The first-order valence-electron chi connectivity index (χ1n) is 4.72. The Morgan fingerprint density at radius 2 is 2.13 bits per heavy atom.